The number of oxazole rings is 1. The Labute approximate surface area is 171 Å². The van der Waals surface area contributed by atoms with E-state index >= 15 is 0 Å². The molecular weight excluding hydrogens is 397 g/mol. The molecule has 0 amide bonds. The van der Waals surface area contributed by atoms with Crippen LogP contribution in [0.3, 0.4) is 0 Å². The van der Waals surface area contributed by atoms with E-state index in [9.17, 15) is 18.0 Å². The van der Waals surface area contributed by atoms with Crippen molar-refractivity contribution >= 4 is 16.7 Å². The second-order valence-electron chi connectivity index (χ2n) is 7.55. The number of Topliss-reactive ketones (excluding diaryl/α,β-unsaturated/α-hetero) is 1. The molecule has 0 bridgehead atoms. The summed E-state index contributed by atoms with van der Waals surface area (Å²) < 4.78 is 42.4. The normalized spacial score (nSPS) is 16.2. The van der Waals surface area contributed by atoms with E-state index in [4.69, 9.17) is 4.42 Å². The zero-order valence-corrected chi connectivity index (χ0v) is 16.2. The molecule has 1 fully saturated rings. The van der Waals surface area contributed by atoms with Crippen molar-refractivity contribution in [3.8, 4) is 11.5 Å². The van der Waals surface area contributed by atoms with Gasteiger partial charge in [-0.25, -0.2) is 9.97 Å². The monoisotopic (exact) mass is 418 g/mol. The molecule has 1 aliphatic rings. The van der Waals surface area contributed by atoms with Crippen LogP contribution in [-0.4, -0.2) is 51.4 Å². The first-order chi connectivity index (χ1) is 14.4. The SMILES string of the molecule is O=C(Cc1cc2nc(-c3cnco3)ccc2cn1)C1CCN(CCC(F)(F)F)CC1. The number of ketones is 1. The summed E-state index contributed by atoms with van der Waals surface area (Å²) in [5.74, 6) is 0.491. The average Bonchev–Trinajstić information content (AvgIpc) is 3.26. The number of halogens is 3. The molecule has 0 saturated carbocycles. The van der Waals surface area contributed by atoms with Crippen LogP contribution in [0, 0.1) is 5.92 Å². The summed E-state index contributed by atoms with van der Waals surface area (Å²) in [7, 11) is 0. The zero-order valence-electron chi connectivity index (χ0n) is 16.2. The molecule has 1 aliphatic heterocycles. The number of rotatable bonds is 6. The third-order valence-electron chi connectivity index (χ3n) is 5.42. The zero-order chi connectivity index (χ0) is 21.1. The molecule has 0 radical (unpaired) electrons. The van der Waals surface area contributed by atoms with Crippen LogP contribution in [0.1, 0.15) is 25.0 Å². The van der Waals surface area contributed by atoms with Crippen molar-refractivity contribution in [1.82, 2.24) is 19.9 Å². The first-order valence-electron chi connectivity index (χ1n) is 9.84. The number of piperidine rings is 1. The molecule has 0 unspecified atom stereocenters. The number of hydrogen-bond acceptors (Lipinski definition) is 6. The van der Waals surface area contributed by atoms with Gasteiger partial charge in [0.25, 0.3) is 0 Å². The number of pyridine rings is 2. The summed E-state index contributed by atoms with van der Waals surface area (Å²) >= 11 is 0. The predicted molar refractivity (Wildman–Crippen MR) is 104 cm³/mol. The van der Waals surface area contributed by atoms with E-state index in [-0.39, 0.29) is 24.7 Å². The Kier molecular flexibility index (Phi) is 5.80. The Morgan fingerprint density at radius 2 is 2.00 bits per heavy atom. The van der Waals surface area contributed by atoms with Gasteiger partial charge in [0.05, 0.1) is 18.1 Å². The molecule has 158 valence electrons. The lowest BCUT2D eigenvalue weighted by molar-refractivity contribution is -0.139. The average molecular weight is 418 g/mol. The fourth-order valence-electron chi connectivity index (χ4n) is 3.72. The van der Waals surface area contributed by atoms with Crippen LogP contribution in [0.4, 0.5) is 13.2 Å². The Morgan fingerprint density at radius 1 is 1.20 bits per heavy atom. The third kappa shape index (κ3) is 5.02. The van der Waals surface area contributed by atoms with Crippen LogP contribution in [0.15, 0.2) is 41.4 Å². The molecule has 30 heavy (non-hydrogen) atoms. The highest BCUT2D eigenvalue weighted by Crippen LogP contribution is 2.25. The largest absolute Gasteiger partial charge is 0.442 e. The maximum atomic E-state index is 12.7. The van der Waals surface area contributed by atoms with E-state index in [1.807, 2.05) is 12.1 Å². The molecule has 3 aromatic heterocycles. The molecule has 0 aromatic carbocycles. The molecule has 0 atom stereocenters. The minimum Gasteiger partial charge on any atom is -0.442 e. The molecular formula is C21H21F3N4O2. The van der Waals surface area contributed by atoms with Crippen LogP contribution in [0.25, 0.3) is 22.4 Å². The number of alkyl halides is 3. The summed E-state index contributed by atoms with van der Waals surface area (Å²) in [5.41, 5.74) is 1.99. The lowest BCUT2D eigenvalue weighted by atomic mass is 9.90. The van der Waals surface area contributed by atoms with Crippen molar-refractivity contribution < 1.29 is 22.4 Å². The Bertz CT molecular complexity index is 1010. The molecule has 1 saturated heterocycles. The van der Waals surface area contributed by atoms with Gasteiger partial charge in [-0.3, -0.25) is 9.78 Å². The molecule has 9 heteroatoms. The minimum atomic E-state index is -4.14. The fourth-order valence-corrected chi connectivity index (χ4v) is 3.72. The molecule has 0 spiro atoms. The second kappa shape index (κ2) is 8.51. The number of likely N-dealkylation sites (tertiary alicyclic amines) is 1. The summed E-state index contributed by atoms with van der Waals surface area (Å²) in [6, 6.07) is 5.50. The topological polar surface area (TPSA) is 72.1 Å². The van der Waals surface area contributed by atoms with Crippen molar-refractivity contribution in [3.63, 3.8) is 0 Å². The van der Waals surface area contributed by atoms with E-state index < -0.39 is 12.6 Å². The maximum absolute atomic E-state index is 12.7. The number of hydrogen-bond donors (Lipinski definition) is 0. The van der Waals surface area contributed by atoms with E-state index in [0.29, 0.717) is 48.6 Å². The van der Waals surface area contributed by atoms with Crippen molar-refractivity contribution in [2.24, 2.45) is 5.92 Å². The number of carbonyl (C=O) groups excluding carboxylic acids is 1. The van der Waals surface area contributed by atoms with Crippen LogP contribution in [0.2, 0.25) is 0 Å². The van der Waals surface area contributed by atoms with Gasteiger partial charge in [-0.1, -0.05) is 0 Å². The number of fused-ring (bicyclic) bond motifs is 1. The minimum absolute atomic E-state index is 0.00413. The fraction of sp³-hybridized carbons (Fsp3) is 0.429. The first kappa shape index (κ1) is 20.5. The molecule has 4 rings (SSSR count). The van der Waals surface area contributed by atoms with Crippen molar-refractivity contribution in [3.05, 3.63) is 42.7 Å². The highest BCUT2D eigenvalue weighted by molar-refractivity contribution is 5.85. The summed E-state index contributed by atoms with van der Waals surface area (Å²) in [6.45, 7) is 1.02. The van der Waals surface area contributed by atoms with Crippen LogP contribution >= 0.6 is 0 Å². The van der Waals surface area contributed by atoms with Crippen molar-refractivity contribution in [2.45, 2.75) is 31.9 Å². The predicted octanol–water partition coefficient (Wildman–Crippen LogP) is 4.06. The van der Waals surface area contributed by atoms with Gasteiger partial charge >= 0.3 is 6.18 Å². The summed E-state index contributed by atoms with van der Waals surface area (Å²) in [4.78, 5) is 27.3. The Balaban J connectivity index is 1.37. The molecule has 4 heterocycles. The molecule has 0 aliphatic carbocycles. The van der Waals surface area contributed by atoms with Gasteiger partial charge in [-0.2, -0.15) is 13.2 Å². The highest BCUT2D eigenvalue weighted by Gasteiger charge is 2.30. The third-order valence-corrected chi connectivity index (χ3v) is 5.42. The smallest absolute Gasteiger partial charge is 0.390 e. The lowest BCUT2D eigenvalue weighted by Gasteiger charge is -2.31. The van der Waals surface area contributed by atoms with E-state index in [1.54, 1.807) is 23.4 Å². The standard InChI is InChI=1S/C21H21F3N4O2/c22-21(23,24)5-8-28-6-3-14(4-7-28)19(29)10-16-9-18-15(11-26-16)1-2-17(27-18)20-12-25-13-30-20/h1-2,9,11-14H,3-8,10H2. The van der Waals surface area contributed by atoms with Gasteiger partial charge in [-0.05, 0) is 44.1 Å². The van der Waals surface area contributed by atoms with Gasteiger partial charge in [-0.15, -0.1) is 0 Å². The van der Waals surface area contributed by atoms with Gasteiger partial charge in [0, 0.05) is 36.2 Å². The highest BCUT2D eigenvalue weighted by atomic mass is 19.4. The molecule has 0 N–H and O–H groups in total. The number of nitrogens with zero attached hydrogens (tertiary/aromatic N) is 4. The summed E-state index contributed by atoms with van der Waals surface area (Å²) in [6.07, 6.45) is 1.02. The Hall–Kier alpha value is -2.81. The quantitative estimate of drug-likeness (QED) is 0.601. The van der Waals surface area contributed by atoms with Crippen LogP contribution in [0.5, 0.6) is 0 Å². The van der Waals surface area contributed by atoms with Crippen LogP contribution in [-0.2, 0) is 11.2 Å². The van der Waals surface area contributed by atoms with E-state index in [2.05, 4.69) is 15.0 Å². The Morgan fingerprint density at radius 3 is 2.70 bits per heavy atom. The molecule has 3 aromatic rings. The van der Waals surface area contributed by atoms with Crippen LogP contribution < -0.4 is 0 Å². The van der Waals surface area contributed by atoms with Gasteiger partial charge < -0.3 is 9.32 Å². The maximum Gasteiger partial charge on any atom is 0.390 e. The van der Waals surface area contributed by atoms with Gasteiger partial charge in [0.15, 0.2) is 12.2 Å². The van der Waals surface area contributed by atoms with Gasteiger partial charge in [0.1, 0.15) is 11.5 Å². The first-order valence-corrected chi connectivity index (χ1v) is 9.84. The molecule has 6 nitrogen and oxygen atoms in total. The van der Waals surface area contributed by atoms with Crippen molar-refractivity contribution in [1.29, 1.82) is 0 Å². The van der Waals surface area contributed by atoms with E-state index in [0.717, 1.165) is 5.39 Å². The number of carbonyl (C=O) groups is 1. The van der Waals surface area contributed by atoms with Crippen molar-refractivity contribution in [2.75, 3.05) is 19.6 Å². The second-order valence-corrected chi connectivity index (χ2v) is 7.55. The lowest BCUT2D eigenvalue weighted by Crippen LogP contribution is -2.38. The van der Waals surface area contributed by atoms with E-state index in [1.165, 1.54) is 6.39 Å². The van der Waals surface area contributed by atoms with Gasteiger partial charge in [0.2, 0.25) is 0 Å². The number of aromatic nitrogens is 3. The summed E-state index contributed by atoms with van der Waals surface area (Å²) in [5, 5.41) is 0.854.